The van der Waals surface area contributed by atoms with E-state index in [1.54, 1.807) is 11.3 Å². The second-order valence-electron chi connectivity index (χ2n) is 2.71. The Bertz CT molecular complexity index is 385. The molecule has 0 bridgehead atoms. The van der Waals surface area contributed by atoms with Crippen LogP contribution in [0.3, 0.4) is 0 Å². The van der Waals surface area contributed by atoms with E-state index in [0.717, 1.165) is 12.4 Å². The molecule has 0 unspecified atom stereocenters. The number of anilines is 1. The molecule has 2 rings (SSSR count). The molecule has 5 heteroatoms. The lowest BCUT2D eigenvalue weighted by atomic mass is 10.3. The predicted molar refractivity (Wildman–Crippen MR) is 53.6 cm³/mol. The van der Waals surface area contributed by atoms with Crippen LogP contribution in [0.1, 0.15) is 5.56 Å². The van der Waals surface area contributed by atoms with Gasteiger partial charge in [0, 0.05) is 6.54 Å². The van der Waals surface area contributed by atoms with Gasteiger partial charge in [0.05, 0.1) is 12.4 Å². The number of aromatic nitrogens is 2. The summed E-state index contributed by atoms with van der Waals surface area (Å²) < 4.78 is 12.4. The largest absolute Gasteiger partial charge is 0.350 e. The molecule has 2 aromatic rings. The normalized spacial score (nSPS) is 10.1. The van der Waals surface area contributed by atoms with Gasteiger partial charge in [-0.05, 0) is 22.4 Å². The van der Waals surface area contributed by atoms with E-state index < -0.39 is 5.82 Å². The van der Waals surface area contributed by atoms with Gasteiger partial charge in [0.1, 0.15) is 0 Å². The summed E-state index contributed by atoms with van der Waals surface area (Å²) in [6.07, 6.45) is 2.28. The summed E-state index contributed by atoms with van der Waals surface area (Å²) in [6, 6.07) is 2.02. The van der Waals surface area contributed by atoms with E-state index in [-0.39, 0.29) is 0 Å². The second kappa shape index (κ2) is 4.15. The van der Waals surface area contributed by atoms with Crippen molar-refractivity contribution >= 4 is 17.3 Å². The van der Waals surface area contributed by atoms with Gasteiger partial charge >= 0.3 is 0 Å². The van der Waals surface area contributed by atoms with Crippen LogP contribution in [0.15, 0.2) is 29.2 Å². The summed E-state index contributed by atoms with van der Waals surface area (Å²) in [6.45, 7) is 0.662. The number of halogens is 1. The first kappa shape index (κ1) is 9.08. The molecule has 0 fully saturated rings. The molecule has 0 atom stereocenters. The third-order valence-corrected chi connectivity index (χ3v) is 2.38. The van der Waals surface area contributed by atoms with Crippen LogP contribution in [-0.4, -0.2) is 9.97 Å². The van der Waals surface area contributed by atoms with E-state index in [0.29, 0.717) is 12.5 Å². The number of rotatable bonds is 3. The molecule has 1 N–H and O–H groups in total. The Morgan fingerprint density at radius 1 is 1.36 bits per heavy atom. The third kappa shape index (κ3) is 2.26. The van der Waals surface area contributed by atoms with Crippen molar-refractivity contribution in [3.05, 3.63) is 40.6 Å². The summed E-state index contributed by atoms with van der Waals surface area (Å²) >= 11 is 1.64. The number of nitrogens with zero attached hydrogens (tertiary/aromatic N) is 2. The van der Waals surface area contributed by atoms with Crippen LogP contribution in [0, 0.1) is 5.82 Å². The molecule has 0 aliphatic carbocycles. The van der Waals surface area contributed by atoms with Crippen molar-refractivity contribution in [1.29, 1.82) is 0 Å². The van der Waals surface area contributed by atoms with E-state index in [4.69, 9.17) is 0 Å². The van der Waals surface area contributed by atoms with Crippen molar-refractivity contribution in [3.8, 4) is 0 Å². The van der Waals surface area contributed by atoms with E-state index in [9.17, 15) is 4.39 Å². The van der Waals surface area contributed by atoms with Gasteiger partial charge in [0.25, 0.3) is 0 Å². The minimum absolute atomic E-state index is 0.425. The van der Waals surface area contributed by atoms with E-state index >= 15 is 0 Å². The highest BCUT2D eigenvalue weighted by Crippen LogP contribution is 2.07. The highest BCUT2D eigenvalue weighted by atomic mass is 32.1. The van der Waals surface area contributed by atoms with Crippen LogP contribution in [-0.2, 0) is 6.54 Å². The Balaban J connectivity index is 1.95. The van der Waals surface area contributed by atoms with Gasteiger partial charge in [-0.1, -0.05) is 0 Å². The first-order chi connectivity index (χ1) is 6.84. The van der Waals surface area contributed by atoms with Gasteiger partial charge < -0.3 is 5.32 Å². The quantitative estimate of drug-likeness (QED) is 0.842. The summed E-state index contributed by atoms with van der Waals surface area (Å²) in [4.78, 5) is 7.57. The first-order valence-corrected chi connectivity index (χ1v) is 5.01. The molecule has 3 nitrogen and oxygen atoms in total. The van der Waals surface area contributed by atoms with Gasteiger partial charge in [0.15, 0.2) is 5.82 Å². The highest BCUT2D eigenvalue weighted by molar-refractivity contribution is 7.07. The highest BCUT2D eigenvalue weighted by Gasteiger charge is 1.96. The molecule has 14 heavy (non-hydrogen) atoms. The average Bonchev–Trinajstić information content (AvgIpc) is 2.70. The van der Waals surface area contributed by atoms with Crippen molar-refractivity contribution in [2.75, 3.05) is 5.32 Å². The minimum atomic E-state index is -0.425. The van der Waals surface area contributed by atoms with Crippen LogP contribution >= 0.6 is 11.3 Å². The molecule has 2 heterocycles. The molecule has 0 saturated heterocycles. The summed E-state index contributed by atoms with van der Waals surface area (Å²) in [5.41, 5.74) is 1.17. The van der Waals surface area contributed by atoms with Gasteiger partial charge in [-0.3, -0.25) is 0 Å². The van der Waals surface area contributed by atoms with E-state index in [2.05, 4.69) is 15.3 Å². The second-order valence-corrected chi connectivity index (χ2v) is 3.49. The molecule has 72 valence electrons. The molecule has 0 aromatic carbocycles. The van der Waals surface area contributed by atoms with Crippen molar-refractivity contribution in [1.82, 2.24) is 9.97 Å². The Morgan fingerprint density at radius 2 is 2.14 bits per heavy atom. The maximum Gasteiger partial charge on any atom is 0.223 e. The van der Waals surface area contributed by atoms with Crippen molar-refractivity contribution in [2.24, 2.45) is 0 Å². The van der Waals surface area contributed by atoms with E-state index in [1.807, 2.05) is 16.8 Å². The molecule has 0 amide bonds. The van der Waals surface area contributed by atoms with Crippen LogP contribution in [0.25, 0.3) is 0 Å². The molecule has 0 aliphatic heterocycles. The predicted octanol–water partition coefficient (Wildman–Crippen LogP) is 2.29. The fraction of sp³-hybridized carbons (Fsp3) is 0.111. The molecular weight excluding hydrogens is 201 g/mol. The molecule has 0 spiro atoms. The van der Waals surface area contributed by atoms with Gasteiger partial charge in [-0.15, -0.1) is 0 Å². The van der Waals surface area contributed by atoms with Crippen molar-refractivity contribution in [3.63, 3.8) is 0 Å². The number of hydrogen-bond acceptors (Lipinski definition) is 4. The number of nitrogens with one attached hydrogen (secondary N) is 1. The first-order valence-electron chi connectivity index (χ1n) is 4.07. The average molecular weight is 209 g/mol. The summed E-state index contributed by atoms with van der Waals surface area (Å²) in [5.74, 6) is 0.0173. The molecular formula is C9H8FN3S. The fourth-order valence-corrected chi connectivity index (χ4v) is 1.65. The molecule has 2 aromatic heterocycles. The van der Waals surface area contributed by atoms with Crippen LogP contribution in [0.5, 0.6) is 0 Å². The van der Waals surface area contributed by atoms with E-state index in [1.165, 1.54) is 5.56 Å². The standard InChI is InChI=1S/C9H8FN3S/c10-8-4-12-9(13-5-8)11-3-7-1-2-14-6-7/h1-2,4-6H,3H2,(H,11,12,13). The molecule has 0 saturated carbocycles. The van der Waals surface area contributed by atoms with Crippen molar-refractivity contribution < 1.29 is 4.39 Å². The van der Waals surface area contributed by atoms with Gasteiger partial charge in [0.2, 0.25) is 5.95 Å². The summed E-state index contributed by atoms with van der Waals surface area (Å²) in [7, 11) is 0. The Morgan fingerprint density at radius 3 is 2.79 bits per heavy atom. The number of hydrogen-bond donors (Lipinski definition) is 1. The van der Waals surface area contributed by atoms with Crippen LogP contribution in [0.2, 0.25) is 0 Å². The third-order valence-electron chi connectivity index (χ3n) is 1.65. The molecule has 0 aliphatic rings. The Hall–Kier alpha value is -1.49. The topological polar surface area (TPSA) is 37.8 Å². The lowest BCUT2D eigenvalue weighted by Gasteiger charge is -2.01. The van der Waals surface area contributed by atoms with Crippen LogP contribution in [0.4, 0.5) is 10.3 Å². The zero-order chi connectivity index (χ0) is 9.80. The smallest absolute Gasteiger partial charge is 0.223 e. The fourth-order valence-electron chi connectivity index (χ4n) is 0.978. The monoisotopic (exact) mass is 209 g/mol. The number of thiophene rings is 1. The van der Waals surface area contributed by atoms with Crippen LogP contribution < -0.4 is 5.32 Å². The lowest BCUT2D eigenvalue weighted by Crippen LogP contribution is -2.02. The SMILES string of the molecule is Fc1cnc(NCc2ccsc2)nc1. The Labute approximate surface area is 84.6 Å². The maximum absolute atomic E-state index is 12.4. The molecule has 0 radical (unpaired) electrons. The zero-order valence-electron chi connectivity index (χ0n) is 7.27. The van der Waals surface area contributed by atoms with Crippen molar-refractivity contribution in [2.45, 2.75) is 6.54 Å². The zero-order valence-corrected chi connectivity index (χ0v) is 8.09. The van der Waals surface area contributed by atoms with Gasteiger partial charge in [-0.25, -0.2) is 14.4 Å². The minimum Gasteiger partial charge on any atom is -0.350 e. The Kier molecular flexibility index (Phi) is 2.69. The lowest BCUT2D eigenvalue weighted by molar-refractivity contribution is 0.614. The maximum atomic E-state index is 12.4. The summed E-state index contributed by atoms with van der Waals surface area (Å²) in [5, 5.41) is 7.03. The van der Waals surface area contributed by atoms with Gasteiger partial charge in [-0.2, -0.15) is 11.3 Å².